The van der Waals surface area contributed by atoms with Gasteiger partial charge in [-0.25, -0.2) is 4.79 Å². The number of nitrogens with one attached hydrogen (secondary N) is 2. The topological polar surface area (TPSA) is 85.3 Å². The minimum absolute atomic E-state index is 0.154. The van der Waals surface area contributed by atoms with E-state index in [9.17, 15) is 9.59 Å². The summed E-state index contributed by atoms with van der Waals surface area (Å²) < 4.78 is 6.69. The maximum Gasteiger partial charge on any atom is 0.411 e. The number of amides is 2. The molecule has 1 aromatic heterocycles. The number of anilines is 1. The Kier molecular flexibility index (Phi) is 6.29. The first kappa shape index (κ1) is 19.4. The first-order valence-corrected chi connectivity index (χ1v) is 8.92. The fourth-order valence-electron chi connectivity index (χ4n) is 2.46. The van der Waals surface area contributed by atoms with Crippen LogP contribution in [0.25, 0.3) is 0 Å². The number of aromatic nitrogens is 2. The Labute approximate surface area is 167 Å². The molecule has 0 fully saturated rings. The van der Waals surface area contributed by atoms with Gasteiger partial charge in [-0.3, -0.25) is 14.8 Å². The van der Waals surface area contributed by atoms with Crippen molar-refractivity contribution >= 4 is 29.3 Å². The van der Waals surface area contributed by atoms with E-state index in [0.717, 1.165) is 11.1 Å². The van der Waals surface area contributed by atoms with Crippen LogP contribution in [-0.4, -0.2) is 21.8 Å². The van der Waals surface area contributed by atoms with Crippen molar-refractivity contribution in [2.24, 2.45) is 7.05 Å². The minimum atomic E-state index is -0.549. The summed E-state index contributed by atoms with van der Waals surface area (Å²) in [6, 6.07) is 15.8. The Morgan fingerprint density at radius 2 is 1.71 bits per heavy atom. The quantitative estimate of drug-likeness (QED) is 0.662. The number of nitrogens with zero attached hydrogens (tertiary/aromatic N) is 2. The third-order valence-electron chi connectivity index (χ3n) is 3.99. The van der Waals surface area contributed by atoms with Gasteiger partial charge < -0.3 is 10.1 Å². The SMILES string of the molecule is Cn1nccc1C(=O)NCc1ccc(NC(=O)OCc2ccc(Cl)cc2)cc1. The summed E-state index contributed by atoms with van der Waals surface area (Å²) in [5, 5.41) is 10.1. The molecule has 0 bridgehead atoms. The maximum absolute atomic E-state index is 12.1. The molecule has 8 heteroatoms. The molecule has 2 aromatic carbocycles. The number of ether oxygens (including phenoxy) is 1. The zero-order chi connectivity index (χ0) is 19.9. The van der Waals surface area contributed by atoms with Gasteiger partial charge in [0.1, 0.15) is 12.3 Å². The van der Waals surface area contributed by atoms with Crippen molar-refractivity contribution < 1.29 is 14.3 Å². The number of halogens is 1. The Hall–Kier alpha value is -3.32. The fraction of sp³-hybridized carbons (Fsp3) is 0.150. The zero-order valence-electron chi connectivity index (χ0n) is 15.2. The number of carbonyl (C=O) groups excluding carboxylic acids is 2. The molecule has 28 heavy (non-hydrogen) atoms. The van der Waals surface area contributed by atoms with Crippen molar-refractivity contribution in [2.75, 3.05) is 5.32 Å². The molecule has 0 aliphatic carbocycles. The van der Waals surface area contributed by atoms with E-state index in [2.05, 4.69) is 15.7 Å². The van der Waals surface area contributed by atoms with Crippen molar-refractivity contribution in [3.05, 3.63) is 82.6 Å². The number of hydrogen-bond donors (Lipinski definition) is 2. The third kappa shape index (κ3) is 5.34. The molecule has 0 unspecified atom stereocenters. The first-order valence-electron chi connectivity index (χ1n) is 8.54. The summed E-state index contributed by atoms with van der Waals surface area (Å²) in [7, 11) is 1.71. The van der Waals surface area contributed by atoms with Crippen LogP contribution in [0.1, 0.15) is 21.6 Å². The Morgan fingerprint density at radius 1 is 1.04 bits per heavy atom. The predicted octanol–water partition coefficient (Wildman–Crippen LogP) is 3.75. The highest BCUT2D eigenvalue weighted by molar-refractivity contribution is 6.30. The van der Waals surface area contributed by atoms with Crippen LogP contribution >= 0.6 is 11.6 Å². The van der Waals surface area contributed by atoms with Gasteiger partial charge in [0.25, 0.3) is 5.91 Å². The zero-order valence-corrected chi connectivity index (χ0v) is 15.9. The lowest BCUT2D eigenvalue weighted by Gasteiger charge is -2.09. The average molecular weight is 399 g/mol. The van der Waals surface area contributed by atoms with Crippen molar-refractivity contribution in [3.8, 4) is 0 Å². The van der Waals surface area contributed by atoms with Gasteiger partial charge in [0.15, 0.2) is 0 Å². The minimum Gasteiger partial charge on any atom is -0.444 e. The van der Waals surface area contributed by atoms with Crippen LogP contribution in [0.5, 0.6) is 0 Å². The summed E-state index contributed by atoms with van der Waals surface area (Å²) in [6.45, 7) is 0.520. The Balaban J connectivity index is 1.46. The fourth-order valence-corrected chi connectivity index (χ4v) is 2.58. The van der Waals surface area contributed by atoms with Crippen molar-refractivity contribution in [2.45, 2.75) is 13.2 Å². The predicted molar refractivity (Wildman–Crippen MR) is 106 cm³/mol. The summed E-state index contributed by atoms with van der Waals surface area (Å²) >= 11 is 5.82. The second-order valence-corrected chi connectivity index (χ2v) is 6.48. The number of rotatable bonds is 6. The van der Waals surface area contributed by atoms with Crippen LogP contribution < -0.4 is 10.6 Å². The standard InChI is InChI=1S/C20H19ClN4O3/c1-25-18(10-11-23-25)19(26)22-12-14-4-8-17(9-5-14)24-20(27)28-13-15-2-6-16(21)7-3-15/h2-11H,12-13H2,1H3,(H,22,26)(H,24,27). The molecule has 7 nitrogen and oxygen atoms in total. The number of benzene rings is 2. The molecule has 3 aromatic rings. The molecule has 0 aliphatic heterocycles. The lowest BCUT2D eigenvalue weighted by atomic mass is 10.2. The normalized spacial score (nSPS) is 10.4. The molecule has 0 saturated heterocycles. The lowest BCUT2D eigenvalue weighted by molar-refractivity contribution is 0.0941. The Morgan fingerprint density at radius 3 is 2.36 bits per heavy atom. The number of hydrogen-bond acceptors (Lipinski definition) is 4. The molecule has 0 aliphatic rings. The van der Waals surface area contributed by atoms with Crippen molar-refractivity contribution in [3.63, 3.8) is 0 Å². The van der Waals surface area contributed by atoms with E-state index >= 15 is 0 Å². The van der Waals surface area contributed by atoms with Gasteiger partial charge in [0.2, 0.25) is 0 Å². The van der Waals surface area contributed by atoms with E-state index in [0.29, 0.717) is 22.9 Å². The molecule has 2 amide bonds. The molecular formula is C20H19ClN4O3. The summed E-state index contributed by atoms with van der Waals surface area (Å²) in [6.07, 6.45) is 1.02. The molecule has 2 N–H and O–H groups in total. The molecule has 0 atom stereocenters. The molecule has 1 heterocycles. The lowest BCUT2D eigenvalue weighted by Crippen LogP contribution is -2.25. The van der Waals surface area contributed by atoms with Crippen LogP contribution in [0.15, 0.2) is 60.8 Å². The van der Waals surface area contributed by atoms with Gasteiger partial charge in [0, 0.05) is 30.5 Å². The molecule has 0 spiro atoms. The monoisotopic (exact) mass is 398 g/mol. The average Bonchev–Trinajstić information content (AvgIpc) is 3.13. The number of carbonyl (C=O) groups is 2. The van der Waals surface area contributed by atoms with E-state index in [4.69, 9.17) is 16.3 Å². The summed E-state index contributed by atoms with van der Waals surface area (Å²) in [5.41, 5.74) is 2.83. The van der Waals surface area contributed by atoms with Crippen LogP contribution in [-0.2, 0) is 24.9 Å². The van der Waals surface area contributed by atoms with Gasteiger partial charge in [-0.2, -0.15) is 5.10 Å². The first-order chi connectivity index (χ1) is 13.5. The molecule has 0 radical (unpaired) electrons. The molecule has 3 rings (SSSR count). The third-order valence-corrected chi connectivity index (χ3v) is 4.24. The van der Waals surface area contributed by atoms with Crippen molar-refractivity contribution in [1.82, 2.24) is 15.1 Å². The van der Waals surface area contributed by atoms with Crippen LogP contribution in [0.4, 0.5) is 10.5 Å². The highest BCUT2D eigenvalue weighted by atomic mass is 35.5. The van der Waals surface area contributed by atoms with Crippen molar-refractivity contribution in [1.29, 1.82) is 0 Å². The van der Waals surface area contributed by atoms with E-state index in [1.807, 2.05) is 12.1 Å². The highest BCUT2D eigenvalue weighted by Gasteiger charge is 2.09. The smallest absolute Gasteiger partial charge is 0.411 e. The molecular weight excluding hydrogens is 380 g/mol. The van der Waals surface area contributed by atoms with E-state index in [-0.39, 0.29) is 12.5 Å². The van der Waals surface area contributed by atoms with Gasteiger partial charge >= 0.3 is 6.09 Å². The largest absolute Gasteiger partial charge is 0.444 e. The van der Waals surface area contributed by atoms with E-state index < -0.39 is 6.09 Å². The van der Waals surface area contributed by atoms with Gasteiger partial charge in [-0.1, -0.05) is 35.9 Å². The number of aryl methyl sites for hydroxylation is 1. The van der Waals surface area contributed by atoms with Crippen LogP contribution in [0.3, 0.4) is 0 Å². The van der Waals surface area contributed by atoms with Crippen LogP contribution in [0.2, 0.25) is 5.02 Å². The summed E-state index contributed by atoms with van der Waals surface area (Å²) in [5.74, 6) is -0.201. The van der Waals surface area contributed by atoms with Gasteiger partial charge in [-0.05, 0) is 41.5 Å². The maximum atomic E-state index is 12.1. The second-order valence-electron chi connectivity index (χ2n) is 6.05. The second kappa shape index (κ2) is 9.05. The molecule has 144 valence electrons. The molecule has 0 saturated carbocycles. The van der Waals surface area contributed by atoms with Gasteiger partial charge in [0.05, 0.1) is 0 Å². The highest BCUT2D eigenvalue weighted by Crippen LogP contribution is 2.12. The Bertz CT molecular complexity index is 952. The van der Waals surface area contributed by atoms with Gasteiger partial charge in [-0.15, -0.1) is 0 Å². The summed E-state index contributed by atoms with van der Waals surface area (Å²) in [4.78, 5) is 24.0. The van der Waals surface area contributed by atoms with E-state index in [1.54, 1.807) is 55.7 Å². The van der Waals surface area contributed by atoms with Crippen LogP contribution in [0, 0.1) is 0 Å². The van der Waals surface area contributed by atoms with E-state index in [1.165, 1.54) is 4.68 Å².